The smallest absolute Gasteiger partial charge is 0.252 e. The molecule has 0 fully saturated rings. The summed E-state index contributed by atoms with van der Waals surface area (Å²) in [5.41, 5.74) is 0.749. The SMILES string of the molecule is CC(C)C(Br)CNC(=O)c1ccsc1. The van der Waals surface area contributed by atoms with Crippen molar-refractivity contribution in [3.63, 3.8) is 0 Å². The second-order valence-electron chi connectivity index (χ2n) is 3.48. The summed E-state index contributed by atoms with van der Waals surface area (Å²) in [6.45, 7) is 4.92. The number of rotatable bonds is 4. The van der Waals surface area contributed by atoms with Crippen LogP contribution in [0.1, 0.15) is 24.2 Å². The van der Waals surface area contributed by atoms with Gasteiger partial charge in [0.15, 0.2) is 0 Å². The second kappa shape index (κ2) is 5.51. The quantitative estimate of drug-likeness (QED) is 0.842. The lowest BCUT2D eigenvalue weighted by Crippen LogP contribution is -2.31. The molecule has 0 aromatic carbocycles. The van der Waals surface area contributed by atoms with Gasteiger partial charge >= 0.3 is 0 Å². The Morgan fingerprint density at radius 1 is 1.64 bits per heavy atom. The number of alkyl halides is 1. The zero-order chi connectivity index (χ0) is 10.6. The first kappa shape index (κ1) is 11.7. The van der Waals surface area contributed by atoms with Crippen LogP contribution in [0.2, 0.25) is 0 Å². The van der Waals surface area contributed by atoms with Crippen molar-refractivity contribution < 1.29 is 4.79 Å². The summed E-state index contributed by atoms with van der Waals surface area (Å²) in [4.78, 5) is 11.8. The van der Waals surface area contributed by atoms with Crippen molar-refractivity contribution in [2.45, 2.75) is 18.7 Å². The van der Waals surface area contributed by atoms with Crippen LogP contribution >= 0.6 is 27.3 Å². The maximum atomic E-state index is 11.5. The minimum atomic E-state index is 0.0105. The second-order valence-corrected chi connectivity index (χ2v) is 5.44. The van der Waals surface area contributed by atoms with E-state index in [0.29, 0.717) is 17.3 Å². The summed E-state index contributed by atoms with van der Waals surface area (Å²) < 4.78 is 0. The van der Waals surface area contributed by atoms with Crippen LogP contribution in [-0.2, 0) is 0 Å². The van der Waals surface area contributed by atoms with Crippen molar-refractivity contribution in [1.29, 1.82) is 0 Å². The van der Waals surface area contributed by atoms with Gasteiger partial charge in [0.25, 0.3) is 5.91 Å². The van der Waals surface area contributed by atoms with Crippen LogP contribution in [0.3, 0.4) is 0 Å². The highest BCUT2D eigenvalue weighted by molar-refractivity contribution is 9.09. The molecule has 1 aromatic heterocycles. The molecule has 1 heterocycles. The molecule has 0 saturated heterocycles. The molecule has 78 valence electrons. The minimum absolute atomic E-state index is 0.0105. The summed E-state index contributed by atoms with van der Waals surface area (Å²) >= 11 is 5.06. The monoisotopic (exact) mass is 275 g/mol. The van der Waals surface area contributed by atoms with Gasteiger partial charge in [0, 0.05) is 22.3 Å². The molecule has 1 N–H and O–H groups in total. The standard InChI is InChI=1S/C10H14BrNOS/c1-7(2)9(11)5-12-10(13)8-3-4-14-6-8/h3-4,6-7,9H,5H2,1-2H3,(H,12,13). The van der Waals surface area contributed by atoms with Gasteiger partial charge in [0.2, 0.25) is 0 Å². The molecule has 0 radical (unpaired) electrons. The van der Waals surface area contributed by atoms with Crippen molar-refractivity contribution in [2.24, 2.45) is 5.92 Å². The third-order valence-corrected chi connectivity index (χ3v) is 4.03. The van der Waals surface area contributed by atoms with Crippen LogP contribution in [0.5, 0.6) is 0 Å². The Hall–Kier alpha value is -0.350. The molecule has 4 heteroatoms. The summed E-state index contributed by atoms with van der Waals surface area (Å²) in [7, 11) is 0. The number of carbonyl (C=O) groups excluding carboxylic acids is 1. The zero-order valence-electron chi connectivity index (χ0n) is 8.29. The molecule has 0 aliphatic rings. The lowest BCUT2D eigenvalue weighted by atomic mass is 10.1. The van der Waals surface area contributed by atoms with Gasteiger partial charge in [0.05, 0.1) is 0 Å². The van der Waals surface area contributed by atoms with Crippen LogP contribution in [0.15, 0.2) is 16.8 Å². The van der Waals surface area contributed by atoms with E-state index in [9.17, 15) is 4.79 Å². The van der Waals surface area contributed by atoms with Gasteiger partial charge < -0.3 is 5.32 Å². The van der Waals surface area contributed by atoms with Crippen molar-refractivity contribution in [1.82, 2.24) is 5.32 Å². The first-order chi connectivity index (χ1) is 6.61. The molecule has 0 spiro atoms. The van der Waals surface area contributed by atoms with E-state index in [1.54, 1.807) is 0 Å². The summed E-state index contributed by atoms with van der Waals surface area (Å²) in [5.74, 6) is 0.536. The molecule has 0 aliphatic heterocycles. The van der Waals surface area contributed by atoms with Crippen molar-refractivity contribution in [2.75, 3.05) is 6.54 Å². The first-order valence-electron chi connectivity index (χ1n) is 4.55. The van der Waals surface area contributed by atoms with E-state index in [1.165, 1.54) is 11.3 Å². The van der Waals surface area contributed by atoms with E-state index in [4.69, 9.17) is 0 Å². The Kier molecular flexibility index (Phi) is 4.62. The Morgan fingerprint density at radius 2 is 2.36 bits per heavy atom. The highest BCUT2D eigenvalue weighted by atomic mass is 79.9. The molecular weight excluding hydrogens is 262 g/mol. The molecular formula is C10H14BrNOS. The summed E-state index contributed by atoms with van der Waals surface area (Å²) in [5, 5.41) is 6.65. The number of amides is 1. The van der Waals surface area contributed by atoms with Gasteiger partial charge in [-0.25, -0.2) is 0 Å². The fourth-order valence-electron chi connectivity index (χ4n) is 0.922. The lowest BCUT2D eigenvalue weighted by Gasteiger charge is -2.13. The highest BCUT2D eigenvalue weighted by Gasteiger charge is 2.11. The average molecular weight is 276 g/mol. The van der Waals surface area contributed by atoms with Crippen molar-refractivity contribution in [3.8, 4) is 0 Å². The Bertz CT molecular complexity index is 284. The van der Waals surface area contributed by atoms with Crippen LogP contribution in [0.25, 0.3) is 0 Å². The van der Waals surface area contributed by atoms with Crippen LogP contribution in [-0.4, -0.2) is 17.3 Å². The van der Waals surface area contributed by atoms with Crippen molar-refractivity contribution >= 4 is 33.2 Å². The highest BCUT2D eigenvalue weighted by Crippen LogP contribution is 2.11. The van der Waals surface area contributed by atoms with Crippen LogP contribution < -0.4 is 5.32 Å². The fourth-order valence-corrected chi connectivity index (χ4v) is 1.72. The number of hydrogen-bond acceptors (Lipinski definition) is 2. The van der Waals surface area contributed by atoms with E-state index in [0.717, 1.165) is 5.56 Å². The maximum absolute atomic E-state index is 11.5. The van der Waals surface area contributed by atoms with E-state index in [-0.39, 0.29) is 5.91 Å². The number of nitrogens with one attached hydrogen (secondary N) is 1. The summed E-state index contributed by atoms with van der Waals surface area (Å²) in [6.07, 6.45) is 0. The zero-order valence-corrected chi connectivity index (χ0v) is 10.7. The molecule has 0 aliphatic carbocycles. The molecule has 1 atom stereocenters. The Labute approximate surface area is 96.8 Å². The Balaban J connectivity index is 2.36. The van der Waals surface area contributed by atoms with E-state index in [2.05, 4.69) is 35.1 Å². The lowest BCUT2D eigenvalue weighted by molar-refractivity contribution is 0.0953. The molecule has 0 saturated carbocycles. The minimum Gasteiger partial charge on any atom is -0.351 e. The van der Waals surface area contributed by atoms with Gasteiger partial charge in [-0.15, -0.1) is 0 Å². The van der Waals surface area contributed by atoms with Crippen molar-refractivity contribution in [3.05, 3.63) is 22.4 Å². The van der Waals surface area contributed by atoms with E-state index >= 15 is 0 Å². The van der Waals surface area contributed by atoms with Crippen LogP contribution in [0.4, 0.5) is 0 Å². The largest absolute Gasteiger partial charge is 0.351 e. The molecule has 0 bridgehead atoms. The number of hydrogen-bond donors (Lipinski definition) is 1. The van der Waals surface area contributed by atoms with E-state index < -0.39 is 0 Å². The fraction of sp³-hybridized carbons (Fsp3) is 0.500. The summed E-state index contributed by atoms with van der Waals surface area (Å²) in [6, 6.07) is 1.83. The van der Waals surface area contributed by atoms with Gasteiger partial charge in [-0.3, -0.25) is 4.79 Å². The molecule has 2 nitrogen and oxygen atoms in total. The molecule has 14 heavy (non-hydrogen) atoms. The molecule has 1 rings (SSSR count). The molecule has 1 amide bonds. The van der Waals surface area contributed by atoms with Gasteiger partial charge in [-0.05, 0) is 17.4 Å². The van der Waals surface area contributed by atoms with Gasteiger partial charge in [0.1, 0.15) is 0 Å². The van der Waals surface area contributed by atoms with E-state index in [1.807, 2.05) is 16.8 Å². The third kappa shape index (κ3) is 3.42. The predicted octanol–water partition coefficient (Wildman–Crippen LogP) is 2.90. The number of carbonyl (C=O) groups is 1. The average Bonchev–Trinajstić information content (AvgIpc) is 2.66. The first-order valence-corrected chi connectivity index (χ1v) is 6.41. The third-order valence-electron chi connectivity index (χ3n) is 1.96. The Morgan fingerprint density at radius 3 is 2.86 bits per heavy atom. The maximum Gasteiger partial charge on any atom is 0.252 e. The van der Waals surface area contributed by atoms with Gasteiger partial charge in [-0.2, -0.15) is 11.3 Å². The normalized spacial score (nSPS) is 12.9. The predicted molar refractivity (Wildman–Crippen MR) is 64.2 cm³/mol. The molecule has 1 aromatic rings. The van der Waals surface area contributed by atoms with Crippen LogP contribution in [0, 0.1) is 5.92 Å². The molecule has 1 unspecified atom stereocenters. The topological polar surface area (TPSA) is 29.1 Å². The van der Waals surface area contributed by atoms with Gasteiger partial charge in [-0.1, -0.05) is 29.8 Å². The number of thiophene rings is 1. The number of halogens is 1.